The van der Waals surface area contributed by atoms with Crippen LogP contribution in [0.15, 0.2) is 42.5 Å². The Morgan fingerprint density at radius 3 is 1.82 bits per heavy atom. The highest BCUT2D eigenvalue weighted by atomic mass is 16.7. The smallest absolute Gasteiger partial charge is 0.285 e. The topological polar surface area (TPSA) is 83.5 Å². The Kier molecular flexibility index (Phi) is 6.57. The lowest BCUT2D eigenvalue weighted by Crippen LogP contribution is -2.29. The van der Waals surface area contributed by atoms with Crippen molar-refractivity contribution < 1.29 is 33.4 Å². The average Bonchev–Trinajstić information content (AvgIpc) is 3.09. The lowest BCUT2D eigenvalue weighted by Gasteiger charge is -2.26. The summed E-state index contributed by atoms with van der Waals surface area (Å²) in [4.78, 5) is 30.8. The number of hydrogen-bond acceptors (Lipinski definition) is 7. The van der Waals surface area contributed by atoms with Crippen molar-refractivity contribution in [1.29, 1.82) is 0 Å². The van der Waals surface area contributed by atoms with Gasteiger partial charge < -0.3 is 18.9 Å². The van der Waals surface area contributed by atoms with E-state index in [0.29, 0.717) is 41.4 Å². The molecule has 0 aliphatic carbocycles. The van der Waals surface area contributed by atoms with Gasteiger partial charge in [0.2, 0.25) is 0 Å². The summed E-state index contributed by atoms with van der Waals surface area (Å²) in [5.74, 6) is 0.226. The SMILES string of the molecule is O=C1c2ccccc2C(=O)N1OCc1cc(OC2CCCCO2)cc(OC2CCCCO2)c1. The van der Waals surface area contributed by atoms with E-state index in [1.54, 1.807) is 30.3 Å². The summed E-state index contributed by atoms with van der Waals surface area (Å²) in [6, 6.07) is 12.1. The maximum Gasteiger partial charge on any atom is 0.285 e. The maximum absolute atomic E-state index is 12.6. The van der Waals surface area contributed by atoms with Gasteiger partial charge in [0.1, 0.15) is 18.1 Å². The van der Waals surface area contributed by atoms with Gasteiger partial charge in [0.05, 0.1) is 24.3 Å². The van der Waals surface area contributed by atoms with Gasteiger partial charge in [0.15, 0.2) is 12.6 Å². The second-order valence-electron chi connectivity index (χ2n) is 8.36. The number of benzene rings is 2. The molecule has 3 aliphatic rings. The highest BCUT2D eigenvalue weighted by Crippen LogP contribution is 2.30. The van der Waals surface area contributed by atoms with E-state index >= 15 is 0 Å². The van der Waals surface area contributed by atoms with Crippen molar-refractivity contribution in [1.82, 2.24) is 5.06 Å². The third kappa shape index (κ3) is 5.03. The molecule has 2 saturated heterocycles. The molecule has 0 spiro atoms. The fourth-order valence-electron chi connectivity index (χ4n) is 4.19. The second kappa shape index (κ2) is 9.91. The Labute approximate surface area is 192 Å². The van der Waals surface area contributed by atoms with Crippen LogP contribution in [0, 0.1) is 0 Å². The monoisotopic (exact) mass is 453 g/mol. The molecule has 0 radical (unpaired) electrons. The van der Waals surface area contributed by atoms with Gasteiger partial charge in [-0.15, -0.1) is 5.06 Å². The van der Waals surface area contributed by atoms with Crippen LogP contribution in [0.25, 0.3) is 0 Å². The summed E-state index contributed by atoms with van der Waals surface area (Å²) in [6.45, 7) is 1.34. The molecule has 33 heavy (non-hydrogen) atoms. The van der Waals surface area contributed by atoms with Crippen LogP contribution in [-0.2, 0) is 20.9 Å². The van der Waals surface area contributed by atoms with Crippen LogP contribution < -0.4 is 9.47 Å². The van der Waals surface area contributed by atoms with Gasteiger partial charge in [0, 0.05) is 18.9 Å². The van der Waals surface area contributed by atoms with Gasteiger partial charge in [-0.2, -0.15) is 0 Å². The highest BCUT2D eigenvalue weighted by Gasteiger charge is 2.36. The summed E-state index contributed by atoms with van der Waals surface area (Å²) < 4.78 is 23.5. The molecule has 8 heteroatoms. The Hall–Kier alpha value is -2.94. The summed E-state index contributed by atoms with van der Waals surface area (Å²) in [6.07, 6.45) is 5.16. The molecule has 2 atom stereocenters. The molecule has 2 aromatic carbocycles. The van der Waals surface area contributed by atoms with Crippen molar-refractivity contribution >= 4 is 11.8 Å². The number of hydrogen-bond donors (Lipinski definition) is 0. The summed E-state index contributed by atoms with van der Waals surface area (Å²) in [5, 5.41) is 0.813. The largest absolute Gasteiger partial charge is 0.465 e. The standard InChI is InChI=1S/C25H27NO7/c27-24-20-7-1-2-8-21(20)25(28)26(24)31-16-17-13-18(32-22-9-3-5-11-29-22)15-19(14-17)33-23-10-4-6-12-30-23/h1-2,7-8,13-15,22-23H,3-6,9-12,16H2. The number of ether oxygens (including phenoxy) is 4. The van der Waals surface area contributed by atoms with Crippen LogP contribution in [-0.4, -0.2) is 42.7 Å². The Bertz CT molecular complexity index is 938. The first-order chi connectivity index (χ1) is 16.2. The number of hydroxylamine groups is 2. The van der Waals surface area contributed by atoms with Gasteiger partial charge >= 0.3 is 0 Å². The van der Waals surface area contributed by atoms with E-state index in [-0.39, 0.29) is 19.2 Å². The van der Waals surface area contributed by atoms with Crippen molar-refractivity contribution in [3.8, 4) is 11.5 Å². The van der Waals surface area contributed by atoms with Crippen molar-refractivity contribution in [2.24, 2.45) is 0 Å². The first-order valence-corrected chi connectivity index (χ1v) is 11.5. The van der Waals surface area contributed by atoms with Crippen LogP contribution >= 0.6 is 0 Å². The minimum Gasteiger partial charge on any atom is -0.465 e. The van der Waals surface area contributed by atoms with Crippen molar-refractivity contribution in [3.05, 3.63) is 59.2 Å². The van der Waals surface area contributed by atoms with Crippen molar-refractivity contribution in [3.63, 3.8) is 0 Å². The molecule has 5 rings (SSSR count). The zero-order chi connectivity index (χ0) is 22.6. The molecule has 174 valence electrons. The van der Waals surface area contributed by atoms with Crippen LogP contribution in [0.3, 0.4) is 0 Å². The van der Waals surface area contributed by atoms with Gasteiger partial charge in [-0.3, -0.25) is 14.4 Å². The number of fused-ring (bicyclic) bond motifs is 1. The highest BCUT2D eigenvalue weighted by molar-refractivity contribution is 6.20. The minimum atomic E-state index is -0.467. The third-order valence-electron chi connectivity index (χ3n) is 5.87. The first-order valence-electron chi connectivity index (χ1n) is 11.5. The second-order valence-corrected chi connectivity index (χ2v) is 8.36. The number of rotatable bonds is 7. The third-order valence-corrected chi connectivity index (χ3v) is 5.87. The van der Waals surface area contributed by atoms with E-state index in [9.17, 15) is 9.59 Å². The lowest BCUT2D eigenvalue weighted by atomic mass is 10.1. The van der Waals surface area contributed by atoms with E-state index in [1.807, 2.05) is 12.1 Å². The molecule has 0 aromatic heterocycles. The summed E-state index contributed by atoms with van der Waals surface area (Å²) >= 11 is 0. The van der Waals surface area contributed by atoms with E-state index in [1.165, 1.54) is 0 Å². The van der Waals surface area contributed by atoms with E-state index < -0.39 is 11.8 Å². The zero-order valence-electron chi connectivity index (χ0n) is 18.4. The van der Waals surface area contributed by atoms with Gasteiger partial charge in [-0.25, -0.2) is 0 Å². The van der Waals surface area contributed by atoms with Gasteiger partial charge in [-0.05, 0) is 55.5 Å². The molecule has 0 bridgehead atoms. The minimum absolute atomic E-state index is 0.00389. The molecule has 0 N–H and O–H groups in total. The van der Waals surface area contributed by atoms with Crippen molar-refractivity contribution in [2.45, 2.75) is 57.7 Å². The number of carbonyl (C=O) groups excluding carboxylic acids is 2. The molecular weight excluding hydrogens is 426 g/mol. The fraction of sp³-hybridized carbons (Fsp3) is 0.440. The van der Waals surface area contributed by atoms with Crippen LogP contribution in [0.5, 0.6) is 11.5 Å². The zero-order valence-corrected chi connectivity index (χ0v) is 18.4. The van der Waals surface area contributed by atoms with Crippen molar-refractivity contribution in [2.75, 3.05) is 13.2 Å². The quantitative estimate of drug-likeness (QED) is 0.580. The molecule has 0 saturated carbocycles. The lowest BCUT2D eigenvalue weighted by molar-refractivity contribution is -0.110. The van der Waals surface area contributed by atoms with Gasteiger partial charge in [-0.1, -0.05) is 12.1 Å². The van der Waals surface area contributed by atoms with Gasteiger partial charge in [0.25, 0.3) is 11.8 Å². The number of amides is 2. The van der Waals surface area contributed by atoms with Crippen LogP contribution in [0.4, 0.5) is 0 Å². The summed E-state index contributed by atoms with van der Waals surface area (Å²) in [7, 11) is 0. The Morgan fingerprint density at radius 1 is 0.788 bits per heavy atom. The fourth-order valence-corrected chi connectivity index (χ4v) is 4.19. The molecule has 2 fully saturated rings. The molecule has 3 heterocycles. The summed E-state index contributed by atoms with van der Waals surface area (Å²) in [5.41, 5.74) is 1.38. The molecular formula is C25H27NO7. The van der Waals surface area contributed by atoms with Crippen LogP contribution in [0.1, 0.15) is 64.8 Å². The van der Waals surface area contributed by atoms with E-state index in [4.69, 9.17) is 23.8 Å². The maximum atomic E-state index is 12.6. The predicted molar refractivity (Wildman–Crippen MR) is 117 cm³/mol. The van der Waals surface area contributed by atoms with E-state index in [0.717, 1.165) is 43.6 Å². The molecule has 2 aromatic rings. The molecule has 8 nitrogen and oxygen atoms in total. The Balaban J connectivity index is 1.32. The molecule has 2 amide bonds. The average molecular weight is 453 g/mol. The van der Waals surface area contributed by atoms with E-state index in [2.05, 4.69) is 0 Å². The number of carbonyl (C=O) groups is 2. The van der Waals surface area contributed by atoms with Crippen LogP contribution in [0.2, 0.25) is 0 Å². The Morgan fingerprint density at radius 2 is 1.33 bits per heavy atom. The molecule has 2 unspecified atom stereocenters. The number of imide groups is 1. The normalized spacial score (nSPS) is 22.8. The first kappa shape index (κ1) is 21.9. The molecule has 3 aliphatic heterocycles. The number of nitrogens with zero attached hydrogens (tertiary/aromatic N) is 1. The predicted octanol–water partition coefficient (Wildman–Crippen LogP) is 4.23.